The molecule has 19 heavy (non-hydrogen) atoms. The van der Waals surface area contributed by atoms with Gasteiger partial charge in [-0.15, -0.1) is 0 Å². The molecule has 0 aliphatic heterocycles. The van der Waals surface area contributed by atoms with Crippen LogP contribution in [0.15, 0.2) is 17.7 Å². The minimum absolute atomic E-state index is 0.0218. The van der Waals surface area contributed by atoms with E-state index in [1.54, 1.807) is 26.2 Å². The Labute approximate surface area is 125 Å². The van der Waals surface area contributed by atoms with Crippen LogP contribution in [0.5, 0.6) is 11.5 Å². The van der Waals surface area contributed by atoms with Crippen LogP contribution in [-0.2, 0) is 4.79 Å². The first kappa shape index (κ1) is 15.3. The number of aromatic hydroxyl groups is 1. The first-order valence-corrected chi connectivity index (χ1v) is 6.38. The maximum atomic E-state index is 11.7. The van der Waals surface area contributed by atoms with Crippen molar-refractivity contribution in [3.05, 3.63) is 26.8 Å². The van der Waals surface area contributed by atoms with Gasteiger partial charge in [-0.3, -0.25) is 4.79 Å². The number of hydrogen-bond donors (Lipinski definition) is 1. The number of carbonyl (C=O) groups is 1. The van der Waals surface area contributed by atoms with E-state index in [4.69, 9.17) is 10.00 Å². The van der Waals surface area contributed by atoms with Gasteiger partial charge >= 0.3 is 0 Å². The number of likely N-dealkylation sites (N-methyl/N-ethyl adjacent to an activating group) is 1. The summed E-state index contributed by atoms with van der Waals surface area (Å²) in [5.74, 6) is -0.0324. The maximum Gasteiger partial charge on any atom is 0.264 e. The van der Waals surface area contributed by atoms with Crippen LogP contribution < -0.4 is 4.74 Å². The second-order valence-electron chi connectivity index (χ2n) is 3.92. The first-order valence-electron chi connectivity index (χ1n) is 5.30. The lowest BCUT2D eigenvalue weighted by Crippen LogP contribution is -2.22. The summed E-state index contributed by atoms with van der Waals surface area (Å²) < 4.78 is 5.61. The zero-order valence-corrected chi connectivity index (χ0v) is 12.9. The molecule has 0 spiro atoms. The van der Waals surface area contributed by atoms with Gasteiger partial charge in [-0.05, 0) is 46.4 Å². The number of nitrogens with zero attached hydrogens (tertiary/aromatic N) is 2. The smallest absolute Gasteiger partial charge is 0.264 e. The molecule has 0 radical (unpaired) electrons. The maximum absolute atomic E-state index is 11.7. The Morgan fingerprint density at radius 3 is 2.63 bits per heavy atom. The van der Waals surface area contributed by atoms with Crippen molar-refractivity contribution in [2.75, 3.05) is 21.2 Å². The molecule has 0 atom stereocenters. The highest BCUT2D eigenvalue weighted by Gasteiger charge is 2.13. The number of carbonyl (C=O) groups excluding carboxylic acids is 1. The summed E-state index contributed by atoms with van der Waals surface area (Å²) in [5, 5.41) is 18.7. The predicted octanol–water partition coefficient (Wildman–Crippen LogP) is 2.00. The lowest BCUT2D eigenvalue weighted by molar-refractivity contribution is -0.124. The van der Waals surface area contributed by atoms with Gasteiger partial charge in [0.1, 0.15) is 11.6 Å². The van der Waals surface area contributed by atoms with Crippen LogP contribution in [0.3, 0.4) is 0 Å². The van der Waals surface area contributed by atoms with E-state index >= 15 is 0 Å². The van der Waals surface area contributed by atoms with Gasteiger partial charge in [0, 0.05) is 14.1 Å². The number of nitriles is 1. The fourth-order valence-electron chi connectivity index (χ4n) is 1.38. The molecule has 1 aromatic rings. The second kappa shape index (κ2) is 6.43. The number of phenolic OH excluding ortho intramolecular Hbond substituents is 1. The molecular formula is C13H13IN2O3. The van der Waals surface area contributed by atoms with Crippen LogP contribution in [-0.4, -0.2) is 37.1 Å². The van der Waals surface area contributed by atoms with Crippen LogP contribution in [0.1, 0.15) is 5.56 Å². The highest BCUT2D eigenvalue weighted by Crippen LogP contribution is 2.33. The number of hydrogen-bond acceptors (Lipinski definition) is 4. The summed E-state index contributed by atoms with van der Waals surface area (Å²) in [7, 11) is 4.60. The van der Waals surface area contributed by atoms with E-state index < -0.39 is 0 Å². The molecule has 1 rings (SSSR count). The average molecular weight is 372 g/mol. The SMILES string of the molecule is COc1cc(/C=C(/C#N)C(=O)N(C)C)cc(I)c1O. The monoisotopic (exact) mass is 372 g/mol. The Balaban J connectivity index is 3.28. The number of amides is 1. The Bertz CT molecular complexity index is 574. The van der Waals surface area contributed by atoms with Gasteiger partial charge in [0.25, 0.3) is 5.91 Å². The fraction of sp³-hybridized carbons (Fsp3) is 0.231. The highest BCUT2D eigenvalue weighted by molar-refractivity contribution is 14.1. The first-order chi connectivity index (χ1) is 8.90. The van der Waals surface area contributed by atoms with Gasteiger partial charge in [-0.2, -0.15) is 5.26 Å². The van der Waals surface area contributed by atoms with E-state index in [0.717, 1.165) is 0 Å². The van der Waals surface area contributed by atoms with Gasteiger partial charge < -0.3 is 14.7 Å². The van der Waals surface area contributed by atoms with Crippen LogP contribution >= 0.6 is 22.6 Å². The van der Waals surface area contributed by atoms with Crippen molar-refractivity contribution < 1.29 is 14.6 Å². The average Bonchev–Trinajstić information content (AvgIpc) is 2.38. The van der Waals surface area contributed by atoms with Crippen LogP contribution in [0.25, 0.3) is 6.08 Å². The molecular weight excluding hydrogens is 359 g/mol. The number of ether oxygens (including phenoxy) is 1. The zero-order valence-electron chi connectivity index (χ0n) is 10.8. The summed E-state index contributed by atoms with van der Waals surface area (Å²) in [6.07, 6.45) is 1.46. The zero-order chi connectivity index (χ0) is 14.6. The number of halogens is 1. The van der Waals surface area contributed by atoms with Gasteiger partial charge in [0.15, 0.2) is 11.5 Å². The quantitative estimate of drug-likeness (QED) is 0.501. The van der Waals surface area contributed by atoms with Crippen molar-refractivity contribution in [1.82, 2.24) is 4.90 Å². The highest BCUT2D eigenvalue weighted by atomic mass is 127. The van der Waals surface area contributed by atoms with Crippen molar-refractivity contribution in [1.29, 1.82) is 5.26 Å². The van der Waals surface area contributed by atoms with Crippen LogP contribution in [0.2, 0.25) is 0 Å². The lowest BCUT2D eigenvalue weighted by atomic mass is 10.1. The normalized spacial score (nSPS) is 10.8. The molecule has 6 heteroatoms. The van der Waals surface area contributed by atoms with Gasteiger partial charge in [-0.25, -0.2) is 0 Å². The molecule has 0 aliphatic rings. The van der Waals surface area contributed by atoms with Crippen molar-refractivity contribution in [2.24, 2.45) is 0 Å². The van der Waals surface area contributed by atoms with Crippen molar-refractivity contribution in [2.45, 2.75) is 0 Å². The van der Waals surface area contributed by atoms with Gasteiger partial charge in [0.05, 0.1) is 10.7 Å². The van der Waals surface area contributed by atoms with Crippen LogP contribution in [0, 0.1) is 14.9 Å². The summed E-state index contributed by atoms with van der Waals surface area (Å²) in [6, 6.07) is 5.10. The molecule has 0 aromatic heterocycles. The number of phenols is 1. The van der Waals surface area contributed by atoms with Crippen molar-refractivity contribution in [3.8, 4) is 17.6 Å². The third kappa shape index (κ3) is 3.61. The molecule has 0 heterocycles. The molecule has 0 saturated heterocycles. The minimum Gasteiger partial charge on any atom is -0.504 e. The summed E-state index contributed by atoms with van der Waals surface area (Å²) in [5.41, 5.74) is 0.638. The molecule has 100 valence electrons. The van der Waals surface area contributed by atoms with Crippen molar-refractivity contribution >= 4 is 34.6 Å². The topological polar surface area (TPSA) is 73.6 Å². The summed E-state index contributed by atoms with van der Waals surface area (Å²) in [4.78, 5) is 13.1. The molecule has 1 amide bonds. The van der Waals surface area contributed by atoms with E-state index in [1.165, 1.54) is 18.1 Å². The van der Waals surface area contributed by atoms with Gasteiger partial charge in [-0.1, -0.05) is 0 Å². The largest absolute Gasteiger partial charge is 0.504 e. The molecule has 1 aromatic carbocycles. The molecule has 0 unspecified atom stereocenters. The Morgan fingerprint density at radius 1 is 1.53 bits per heavy atom. The molecule has 5 nitrogen and oxygen atoms in total. The van der Waals surface area contributed by atoms with E-state index in [-0.39, 0.29) is 17.2 Å². The standard InChI is InChI=1S/C13H13IN2O3/c1-16(2)13(18)9(7-15)4-8-5-10(14)12(17)11(6-8)19-3/h4-6,17H,1-3H3/b9-4-. The fourth-order valence-corrected chi connectivity index (χ4v) is 2.01. The molecule has 0 saturated carbocycles. The number of methoxy groups -OCH3 is 1. The molecule has 0 bridgehead atoms. The Hall–Kier alpha value is -1.75. The Kier molecular flexibility index (Phi) is 5.18. The summed E-state index contributed by atoms with van der Waals surface area (Å²) in [6.45, 7) is 0. The lowest BCUT2D eigenvalue weighted by Gasteiger charge is -2.10. The van der Waals surface area contributed by atoms with Crippen LogP contribution in [0.4, 0.5) is 0 Å². The molecule has 0 fully saturated rings. The van der Waals surface area contributed by atoms with Gasteiger partial charge in [0.2, 0.25) is 0 Å². The third-order valence-corrected chi connectivity index (χ3v) is 3.16. The molecule has 0 aliphatic carbocycles. The summed E-state index contributed by atoms with van der Waals surface area (Å²) >= 11 is 1.95. The predicted molar refractivity (Wildman–Crippen MR) is 79.7 cm³/mol. The van der Waals surface area contributed by atoms with E-state index in [9.17, 15) is 9.90 Å². The van der Waals surface area contributed by atoms with E-state index in [0.29, 0.717) is 14.9 Å². The second-order valence-corrected chi connectivity index (χ2v) is 5.09. The Morgan fingerprint density at radius 2 is 2.16 bits per heavy atom. The van der Waals surface area contributed by atoms with E-state index in [1.807, 2.05) is 28.7 Å². The number of benzene rings is 1. The third-order valence-electron chi connectivity index (χ3n) is 2.34. The molecule has 1 N–H and O–H groups in total. The minimum atomic E-state index is -0.371. The number of rotatable bonds is 3. The van der Waals surface area contributed by atoms with Crippen molar-refractivity contribution in [3.63, 3.8) is 0 Å². The van der Waals surface area contributed by atoms with E-state index in [2.05, 4.69) is 0 Å².